The zero-order chi connectivity index (χ0) is 14.7. The highest BCUT2D eigenvalue weighted by atomic mass is 28.1. The van der Waals surface area contributed by atoms with E-state index in [1.807, 2.05) is 12.4 Å². The van der Waals surface area contributed by atoms with Gasteiger partial charge in [0.15, 0.2) is 0 Å². The molecule has 0 atom stereocenters. The Morgan fingerprint density at radius 3 is 1.95 bits per heavy atom. The quantitative estimate of drug-likeness (QED) is 0.797. The molecule has 1 aromatic heterocycles. The standard InChI is InChI=1S/C18H30N2Si/c1-13-10-19-18(20-11-13)17-8-6-16(7-9-17)15-4-2-14(12-21)3-5-15/h10-11,14-17H,2-9,12H2,1,21H3. The first-order chi connectivity index (χ1) is 10.3. The zero-order valence-electron chi connectivity index (χ0n) is 13.7. The van der Waals surface area contributed by atoms with E-state index in [4.69, 9.17) is 0 Å². The lowest BCUT2D eigenvalue weighted by Crippen LogP contribution is -2.25. The maximum absolute atomic E-state index is 4.55. The van der Waals surface area contributed by atoms with Crippen molar-refractivity contribution in [2.75, 3.05) is 0 Å². The van der Waals surface area contributed by atoms with Crippen molar-refractivity contribution in [2.45, 2.75) is 70.3 Å². The van der Waals surface area contributed by atoms with Crippen LogP contribution in [0.4, 0.5) is 0 Å². The van der Waals surface area contributed by atoms with Crippen molar-refractivity contribution in [2.24, 2.45) is 17.8 Å². The van der Waals surface area contributed by atoms with Crippen LogP contribution in [0.2, 0.25) is 6.04 Å². The van der Waals surface area contributed by atoms with Crippen molar-refractivity contribution in [3.8, 4) is 0 Å². The van der Waals surface area contributed by atoms with E-state index in [0.717, 1.165) is 23.6 Å². The lowest BCUT2D eigenvalue weighted by molar-refractivity contribution is 0.164. The number of nitrogens with zero attached hydrogens (tertiary/aromatic N) is 2. The van der Waals surface area contributed by atoms with E-state index in [1.54, 1.807) is 0 Å². The fourth-order valence-electron chi connectivity index (χ4n) is 4.53. The molecule has 0 aliphatic heterocycles. The van der Waals surface area contributed by atoms with Gasteiger partial charge >= 0.3 is 0 Å². The van der Waals surface area contributed by atoms with Crippen LogP contribution in [0.15, 0.2) is 12.4 Å². The van der Waals surface area contributed by atoms with Crippen LogP contribution in [0.1, 0.15) is 68.7 Å². The zero-order valence-corrected chi connectivity index (χ0v) is 15.7. The highest BCUT2D eigenvalue weighted by molar-refractivity contribution is 6.08. The number of aromatic nitrogens is 2. The second-order valence-corrected chi connectivity index (χ2v) is 8.24. The molecule has 1 aromatic rings. The lowest BCUT2D eigenvalue weighted by Gasteiger charge is -2.37. The molecule has 3 heteroatoms. The second kappa shape index (κ2) is 7.04. The summed E-state index contributed by atoms with van der Waals surface area (Å²) in [7, 11) is 1.40. The molecule has 2 nitrogen and oxygen atoms in total. The maximum atomic E-state index is 4.55. The smallest absolute Gasteiger partial charge is 0.131 e. The SMILES string of the molecule is Cc1cnc(C2CCC(C3CCC(C[SiH3])CC3)CC2)nc1. The van der Waals surface area contributed by atoms with E-state index >= 15 is 0 Å². The minimum absolute atomic E-state index is 0.625. The molecule has 0 amide bonds. The van der Waals surface area contributed by atoms with Gasteiger partial charge in [-0.05, 0) is 68.8 Å². The molecule has 2 saturated carbocycles. The molecular weight excluding hydrogens is 272 g/mol. The van der Waals surface area contributed by atoms with E-state index in [1.165, 1.54) is 73.2 Å². The van der Waals surface area contributed by atoms with E-state index in [0.29, 0.717) is 5.92 Å². The summed E-state index contributed by atoms with van der Waals surface area (Å²) < 4.78 is 0. The van der Waals surface area contributed by atoms with Crippen molar-refractivity contribution in [1.82, 2.24) is 9.97 Å². The van der Waals surface area contributed by atoms with Crippen LogP contribution in [0.5, 0.6) is 0 Å². The van der Waals surface area contributed by atoms with Crippen LogP contribution in [0.25, 0.3) is 0 Å². The van der Waals surface area contributed by atoms with Gasteiger partial charge in [-0.15, -0.1) is 0 Å². The van der Waals surface area contributed by atoms with Crippen LogP contribution in [0.3, 0.4) is 0 Å². The Hall–Kier alpha value is -0.703. The van der Waals surface area contributed by atoms with E-state index in [9.17, 15) is 0 Å². The highest BCUT2D eigenvalue weighted by Gasteiger charge is 2.31. The molecule has 0 saturated heterocycles. The third-order valence-electron chi connectivity index (χ3n) is 6.07. The van der Waals surface area contributed by atoms with Gasteiger partial charge in [-0.3, -0.25) is 0 Å². The molecule has 2 fully saturated rings. The number of hydrogen-bond acceptors (Lipinski definition) is 2. The lowest BCUT2D eigenvalue weighted by atomic mass is 9.69. The van der Waals surface area contributed by atoms with Crippen LogP contribution in [-0.4, -0.2) is 20.2 Å². The molecule has 3 rings (SSSR count). The summed E-state index contributed by atoms with van der Waals surface area (Å²) >= 11 is 0. The van der Waals surface area contributed by atoms with Gasteiger partial charge in [0, 0.05) is 28.6 Å². The second-order valence-electron chi connectivity index (χ2n) is 7.42. The maximum Gasteiger partial charge on any atom is 0.131 e. The summed E-state index contributed by atoms with van der Waals surface area (Å²) in [6.45, 7) is 2.07. The Balaban J connectivity index is 1.50. The Bertz CT molecular complexity index is 429. The van der Waals surface area contributed by atoms with Gasteiger partial charge < -0.3 is 0 Å². The molecule has 0 bridgehead atoms. The predicted octanol–water partition coefficient (Wildman–Crippen LogP) is 3.65. The van der Waals surface area contributed by atoms with Crippen molar-refractivity contribution >= 4 is 10.2 Å². The molecule has 1 heterocycles. The number of rotatable bonds is 3. The summed E-state index contributed by atoms with van der Waals surface area (Å²) in [5.41, 5.74) is 1.17. The minimum atomic E-state index is 0.625. The van der Waals surface area contributed by atoms with Crippen molar-refractivity contribution in [1.29, 1.82) is 0 Å². The Labute approximate surface area is 132 Å². The van der Waals surface area contributed by atoms with Gasteiger partial charge in [-0.2, -0.15) is 0 Å². The third-order valence-corrected chi connectivity index (χ3v) is 7.23. The molecule has 0 unspecified atom stereocenters. The fraction of sp³-hybridized carbons (Fsp3) is 0.778. The number of aryl methyl sites for hydroxylation is 1. The van der Waals surface area contributed by atoms with E-state index in [-0.39, 0.29) is 0 Å². The minimum Gasteiger partial charge on any atom is -0.241 e. The van der Waals surface area contributed by atoms with Gasteiger partial charge in [0.1, 0.15) is 5.82 Å². The summed E-state index contributed by atoms with van der Waals surface area (Å²) in [4.78, 5) is 9.11. The van der Waals surface area contributed by atoms with Gasteiger partial charge in [0.25, 0.3) is 0 Å². The Kier molecular flexibility index (Phi) is 5.09. The van der Waals surface area contributed by atoms with Crippen molar-refractivity contribution in [3.63, 3.8) is 0 Å². The summed E-state index contributed by atoms with van der Waals surface area (Å²) in [6, 6.07) is 1.53. The van der Waals surface area contributed by atoms with Crippen molar-refractivity contribution in [3.05, 3.63) is 23.8 Å². The molecular formula is C18H30N2Si. The van der Waals surface area contributed by atoms with Crippen LogP contribution in [-0.2, 0) is 0 Å². The third kappa shape index (κ3) is 3.74. The van der Waals surface area contributed by atoms with Gasteiger partial charge in [-0.25, -0.2) is 9.97 Å². The molecule has 0 aromatic carbocycles. The molecule has 0 radical (unpaired) electrons. The van der Waals surface area contributed by atoms with Gasteiger partial charge in [0.05, 0.1) is 0 Å². The summed E-state index contributed by atoms with van der Waals surface area (Å²) in [5.74, 6) is 4.85. The van der Waals surface area contributed by atoms with Gasteiger partial charge in [0.2, 0.25) is 0 Å². The monoisotopic (exact) mass is 302 g/mol. The van der Waals surface area contributed by atoms with Crippen molar-refractivity contribution < 1.29 is 0 Å². The van der Waals surface area contributed by atoms with Crippen LogP contribution in [0, 0.1) is 24.7 Å². The highest BCUT2D eigenvalue weighted by Crippen LogP contribution is 2.43. The van der Waals surface area contributed by atoms with Gasteiger partial charge in [-0.1, -0.05) is 18.9 Å². The van der Waals surface area contributed by atoms with Crippen LogP contribution >= 0.6 is 0 Å². The molecule has 0 N–H and O–H groups in total. The van der Waals surface area contributed by atoms with E-state index in [2.05, 4.69) is 16.9 Å². The van der Waals surface area contributed by atoms with Crippen LogP contribution < -0.4 is 0 Å². The molecule has 0 spiro atoms. The predicted molar refractivity (Wildman–Crippen MR) is 91.7 cm³/mol. The largest absolute Gasteiger partial charge is 0.241 e. The first kappa shape index (κ1) is 15.2. The summed E-state index contributed by atoms with van der Waals surface area (Å²) in [6.07, 6.45) is 15.5. The first-order valence-corrected chi connectivity index (χ1v) is 10.5. The fourth-order valence-corrected chi connectivity index (χ4v) is 5.35. The molecule has 116 valence electrons. The first-order valence-electron chi connectivity index (χ1n) is 9.04. The average Bonchev–Trinajstić information content (AvgIpc) is 2.56. The molecule has 2 aliphatic rings. The van der Waals surface area contributed by atoms with E-state index < -0.39 is 0 Å². The number of hydrogen-bond donors (Lipinski definition) is 0. The molecule has 2 aliphatic carbocycles. The topological polar surface area (TPSA) is 25.8 Å². The average molecular weight is 303 g/mol. The summed E-state index contributed by atoms with van der Waals surface area (Å²) in [5, 5.41) is 0. The Morgan fingerprint density at radius 1 is 0.905 bits per heavy atom. The Morgan fingerprint density at radius 2 is 1.43 bits per heavy atom. The normalized spacial score (nSPS) is 34.0. The molecule has 21 heavy (non-hydrogen) atoms.